The van der Waals surface area contributed by atoms with Crippen LogP contribution in [0.25, 0.3) is 10.7 Å². The van der Waals surface area contributed by atoms with Gasteiger partial charge in [0.05, 0.1) is 85.9 Å². The Morgan fingerprint density at radius 2 is 1.48 bits per heavy atom. The van der Waals surface area contributed by atoms with Gasteiger partial charge in [-0.2, -0.15) is 0 Å². The number of anilines is 1. The summed E-state index contributed by atoms with van der Waals surface area (Å²) in [7, 11) is 0. The van der Waals surface area contributed by atoms with Gasteiger partial charge in [0, 0.05) is 61.9 Å². The third-order valence-corrected chi connectivity index (χ3v) is 18.1. The Labute approximate surface area is 572 Å². The fraction of sp³-hybridized carbons (Fsp3) is 0.632. The number of rotatable bonds is 35. The van der Waals surface area contributed by atoms with Crippen molar-refractivity contribution in [1.29, 1.82) is 0 Å². The second-order valence-corrected chi connectivity index (χ2v) is 25.4. The summed E-state index contributed by atoms with van der Waals surface area (Å²) in [5.41, 5.74) is 28.1. The minimum atomic E-state index is -2.20. The molecule has 0 saturated carbocycles. The summed E-state index contributed by atoms with van der Waals surface area (Å²) >= 11 is 2.52. The molecule has 4 aromatic heterocycles. The largest absolute Gasteiger partial charge is 0.441 e. The van der Waals surface area contributed by atoms with Crippen molar-refractivity contribution in [3.05, 3.63) is 56.8 Å². The maximum absolute atomic E-state index is 15.2. The number of morpholine rings is 1. The summed E-state index contributed by atoms with van der Waals surface area (Å²) in [6, 6.07) is -7.86. The number of thiazole rings is 2. The van der Waals surface area contributed by atoms with Crippen molar-refractivity contribution >= 4 is 75.9 Å². The van der Waals surface area contributed by atoms with Gasteiger partial charge in [-0.1, -0.05) is 6.92 Å². The third-order valence-electron chi connectivity index (χ3n) is 16.3. The monoisotopic (exact) mass is 1440 g/mol. The molecule has 40 nitrogen and oxygen atoms in total. The number of nitrogen functional groups attached to an aromatic ring is 1. The zero-order chi connectivity index (χ0) is 72.5. The number of amides is 8. The molecule has 3 fully saturated rings. The highest BCUT2D eigenvalue weighted by Crippen LogP contribution is 2.35. The molecule has 0 spiro atoms. The molecule has 7 heterocycles. The van der Waals surface area contributed by atoms with E-state index < -0.39 is 183 Å². The average Bonchev–Trinajstić information content (AvgIpc) is 1.15. The van der Waals surface area contributed by atoms with Crippen LogP contribution in [0, 0.1) is 12.8 Å². The topological polar surface area (TPSA) is 640 Å². The molecule has 0 bridgehead atoms. The summed E-state index contributed by atoms with van der Waals surface area (Å²) in [6.07, 6.45) is -24.4. The summed E-state index contributed by atoms with van der Waals surface area (Å²) in [5.74, 6) is -8.72. The number of nitrogens with zero attached hydrogens (tertiary/aromatic N) is 6. The van der Waals surface area contributed by atoms with Gasteiger partial charge in [-0.05, 0) is 33.7 Å². The van der Waals surface area contributed by atoms with Gasteiger partial charge < -0.3 is 135 Å². The summed E-state index contributed by atoms with van der Waals surface area (Å²) in [6.45, 7) is 7.00. The number of imidazole rings is 1. The lowest BCUT2D eigenvalue weighted by molar-refractivity contribution is -0.372. The standard InChI is InChI=1S/C57H86N18O22S2/c1-22-35(71-48(74-46(22)60)27(14-33(59)79)66-15-26(58)47(61)85)52(89)73-37(43(28-16-63-21-67-28)95-56-45(41(83)39(81)31(17-76)94-56)96-55-42(84)44(97-57(62)91)40(82)32(18-77)93-55)53(90)68-24(3)38(80)23(2)49(86)72-36(25(4)78)51(88)65-8-6-34-69-30(20-98-34)54-70-29(19-99-54)50(87)64-7-5-9-75-10-12-92-13-11-75/h16,19-21,23-27,31-32,36-45,55-56,66,76-78,80-84H,5-15,17-18,58H2,1-4H3,(H2,59,79)(H2,61,85)(H2,62,91)(H,63,67)(H,64,87)(H,65,88)(H,68,90)(H,72,86)(H,73,89)(H2,60,71,74). The maximum Gasteiger partial charge on any atom is 0.404 e. The minimum absolute atomic E-state index is 0.0114. The van der Waals surface area contributed by atoms with Crippen molar-refractivity contribution < 1.29 is 108 Å². The molecule has 19 unspecified atom stereocenters. The predicted molar refractivity (Wildman–Crippen MR) is 342 cm³/mol. The summed E-state index contributed by atoms with van der Waals surface area (Å²) in [4.78, 5) is 133. The predicted octanol–water partition coefficient (Wildman–Crippen LogP) is -8.25. The lowest BCUT2D eigenvalue weighted by atomic mass is 9.96. The van der Waals surface area contributed by atoms with Crippen molar-refractivity contribution in [1.82, 2.24) is 66.7 Å². The molecule has 548 valence electrons. The highest BCUT2D eigenvalue weighted by molar-refractivity contribution is 7.14. The van der Waals surface area contributed by atoms with Crippen molar-refractivity contribution in [2.45, 2.75) is 157 Å². The van der Waals surface area contributed by atoms with Crippen LogP contribution in [-0.4, -0.2) is 287 Å². The highest BCUT2D eigenvalue weighted by atomic mass is 32.1. The molecule has 3 saturated heterocycles. The SMILES string of the molecule is Cc1c(N)nc(C(CC(N)=O)NCC(N)C(N)=O)nc1C(=O)NC(C(=O)NC(C)C(O)C(C)C(=O)NC(C(=O)NCCc1nc(-c2nc(C(=O)NCCCN3CCOCC3)cs2)cs1)C(C)O)C(OC1OC(CO)C(O)C(O)C1OC1OC(CO)C(O)C(OC(N)=O)C1O)c1cnc[nH]1. The van der Waals surface area contributed by atoms with Gasteiger partial charge in [-0.3, -0.25) is 38.5 Å². The third kappa shape index (κ3) is 20.9. The number of ether oxygens (including phenoxy) is 6. The van der Waals surface area contributed by atoms with Crippen LogP contribution in [0.4, 0.5) is 10.6 Å². The second-order valence-electron chi connectivity index (χ2n) is 23.6. The fourth-order valence-corrected chi connectivity index (χ4v) is 12.2. The van der Waals surface area contributed by atoms with Gasteiger partial charge in [0.15, 0.2) is 18.7 Å². The Morgan fingerprint density at radius 3 is 2.13 bits per heavy atom. The number of aliphatic hydroxyl groups excluding tert-OH is 8. The molecule has 7 rings (SSSR count). The number of carbonyl (C=O) groups is 8. The molecule has 0 aliphatic carbocycles. The quantitative estimate of drug-likeness (QED) is 0.0190. The smallest absolute Gasteiger partial charge is 0.404 e. The lowest BCUT2D eigenvalue weighted by Gasteiger charge is -2.47. The molecule has 42 heteroatoms. The number of aromatic nitrogens is 6. The zero-order valence-electron chi connectivity index (χ0n) is 54.2. The molecular weight excluding hydrogens is 1350 g/mol. The zero-order valence-corrected chi connectivity index (χ0v) is 55.8. The van der Waals surface area contributed by atoms with Crippen molar-refractivity contribution in [3.8, 4) is 10.7 Å². The number of nitrogens with one attached hydrogen (secondary N) is 7. The molecule has 3 aliphatic rings. The number of hydrogen-bond donors (Lipinski definition) is 20. The van der Waals surface area contributed by atoms with E-state index in [0.717, 1.165) is 38.6 Å². The first-order chi connectivity index (χ1) is 47.0. The van der Waals surface area contributed by atoms with Crippen LogP contribution in [0.15, 0.2) is 23.3 Å². The normalized spacial score (nSPS) is 24.7. The molecule has 8 amide bonds. The van der Waals surface area contributed by atoms with E-state index in [1.807, 2.05) is 0 Å². The molecule has 3 aliphatic heterocycles. The van der Waals surface area contributed by atoms with Crippen LogP contribution in [-0.2, 0) is 58.8 Å². The average molecular weight is 1440 g/mol. The van der Waals surface area contributed by atoms with Crippen LogP contribution < -0.4 is 60.6 Å². The minimum Gasteiger partial charge on any atom is -0.441 e. The van der Waals surface area contributed by atoms with Crippen LogP contribution >= 0.6 is 22.7 Å². The van der Waals surface area contributed by atoms with E-state index in [1.54, 1.807) is 10.8 Å². The van der Waals surface area contributed by atoms with Gasteiger partial charge in [0.25, 0.3) is 11.8 Å². The Kier molecular flexibility index (Phi) is 29.0. The highest BCUT2D eigenvalue weighted by Gasteiger charge is 2.54. The number of aliphatic hydroxyl groups is 8. The fourth-order valence-electron chi connectivity index (χ4n) is 10.6. The Bertz CT molecular complexity index is 3370. The van der Waals surface area contributed by atoms with Crippen molar-refractivity contribution in [2.75, 3.05) is 71.4 Å². The van der Waals surface area contributed by atoms with Gasteiger partial charge in [0.2, 0.25) is 29.5 Å². The maximum atomic E-state index is 15.2. The van der Waals surface area contributed by atoms with Gasteiger partial charge in [-0.25, -0.2) is 29.7 Å². The number of nitrogens with two attached hydrogens (primary N) is 5. The number of primary amides is 3. The van der Waals surface area contributed by atoms with Gasteiger partial charge in [0.1, 0.15) is 94.6 Å². The van der Waals surface area contributed by atoms with Crippen LogP contribution in [0.3, 0.4) is 0 Å². The molecule has 99 heavy (non-hydrogen) atoms. The van der Waals surface area contributed by atoms with E-state index in [1.165, 1.54) is 50.4 Å². The first-order valence-corrected chi connectivity index (χ1v) is 33.0. The molecule has 0 aromatic carbocycles. The Hall–Kier alpha value is -7.73. The Balaban J connectivity index is 1.10. The van der Waals surface area contributed by atoms with E-state index in [0.29, 0.717) is 35.5 Å². The van der Waals surface area contributed by atoms with E-state index in [2.05, 4.69) is 66.7 Å². The number of hydrogen-bond acceptors (Lipinski definition) is 33. The van der Waals surface area contributed by atoms with E-state index >= 15 is 4.79 Å². The second kappa shape index (κ2) is 36.6. The first kappa shape index (κ1) is 78.6. The number of carbonyl (C=O) groups excluding carboxylic acids is 8. The molecule has 4 aromatic rings. The van der Waals surface area contributed by atoms with Crippen molar-refractivity contribution in [2.24, 2.45) is 28.9 Å². The summed E-state index contributed by atoms with van der Waals surface area (Å²) < 4.78 is 34.1. The van der Waals surface area contributed by atoms with E-state index in [9.17, 15) is 74.4 Å². The van der Waals surface area contributed by atoms with E-state index in [4.69, 9.17) is 57.1 Å². The van der Waals surface area contributed by atoms with Crippen molar-refractivity contribution in [3.63, 3.8) is 0 Å². The number of aromatic amines is 1. The van der Waals surface area contributed by atoms with Crippen LogP contribution in [0.2, 0.25) is 0 Å². The van der Waals surface area contributed by atoms with E-state index in [-0.39, 0.29) is 54.0 Å². The lowest BCUT2D eigenvalue weighted by Crippen LogP contribution is -2.65. The van der Waals surface area contributed by atoms with Gasteiger partial charge in [-0.15, -0.1) is 22.7 Å². The molecule has 25 N–H and O–H groups in total. The van der Waals surface area contributed by atoms with Crippen LogP contribution in [0.5, 0.6) is 0 Å². The molecule has 0 radical (unpaired) electrons. The molecule has 19 atom stereocenters. The Morgan fingerprint density at radius 1 is 0.788 bits per heavy atom. The van der Waals surface area contributed by atoms with Crippen LogP contribution in [0.1, 0.15) is 88.8 Å². The first-order valence-electron chi connectivity index (χ1n) is 31.3. The summed E-state index contributed by atoms with van der Waals surface area (Å²) in [5, 5.41) is 108. The molecular formula is C57H86N18O22S2. The number of H-pyrrole nitrogens is 1. The van der Waals surface area contributed by atoms with Gasteiger partial charge >= 0.3 is 6.09 Å².